The molecule has 1 saturated carbocycles. The van der Waals surface area contributed by atoms with Crippen LogP contribution in [0.2, 0.25) is 5.02 Å². The maximum Gasteiger partial charge on any atom is 0.0548 e. The molecular weight excluding hydrogens is 310 g/mol. The van der Waals surface area contributed by atoms with Gasteiger partial charge in [-0.05, 0) is 58.3 Å². The summed E-state index contributed by atoms with van der Waals surface area (Å²) in [5.74, 6) is 1.55. The summed E-state index contributed by atoms with van der Waals surface area (Å²) in [6, 6.07) is 6.21. The van der Waals surface area contributed by atoms with Crippen LogP contribution in [0.5, 0.6) is 0 Å². The van der Waals surface area contributed by atoms with Crippen LogP contribution in [0.15, 0.2) is 22.7 Å². The van der Waals surface area contributed by atoms with E-state index >= 15 is 0 Å². The monoisotopic (exact) mass is 329 g/mol. The minimum atomic E-state index is 0.149. The van der Waals surface area contributed by atoms with Gasteiger partial charge in [-0.1, -0.05) is 43.9 Å². The summed E-state index contributed by atoms with van der Waals surface area (Å²) in [5, 5.41) is 0.751. The van der Waals surface area contributed by atoms with Crippen molar-refractivity contribution in [2.45, 2.75) is 45.1 Å². The fourth-order valence-corrected chi connectivity index (χ4v) is 3.46. The van der Waals surface area contributed by atoms with Crippen molar-refractivity contribution < 1.29 is 0 Å². The standard InChI is InChI=1S/C15H21BrClN/c1-2-10-3-5-11(6-4-10)15(18)12-7-8-14(17)13(16)9-12/h7-11,15H,2-6,18H2,1H3. The predicted molar refractivity (Wildman–Crippen MR) is 81.8 cm³/mol. The Bertz CT molecular complexity index is 399. The van der Waals surface area contributed by atoms with Gasteiger partial charge in [0.05, 0.1) is 5.02 Å². The van der Waals surface area contributed by atoms with Crippen LogP contribution in [0.25, 0.3) is 0 Å². The molecule has 18 heavy (non-hydrogen) atoms. The number of hydrogen-bond acceptors (Lipinski definition) is 1. The van der Waals surface area contributed by atoms with Crippen LogP contribution in [0.4, 0.5) is 0 Å². The third-order valence-corrected chi connectivity index (χ3v) is 5.52. The van der Waals surface area contributed by atoms with Gasteiger partial charge in [-0.25, -0.2) is 0 Å². The second-order valence-corrected chi connectivity index (χ2v) is 6.65. The fourth-order valence-electron chi connectivity index (χ4n) is 2.95. The average molecular weight is 331 g/mol. The number of nitrogens with two attached hydrogens (primary N) is 1. The van der Waals surface area contributed by atoms with Crippen molar-refractivity contribution in [2.75, 3.05) is 0 Å². The lowest BCUT2D eigenvalue weighted by molar-refractivity contribution is 0.240. The lowest BCUT2D eigenvalue weighted by atomic mass is 9.76. The van der Waals surface area contributed by atoms with E-state index in [1.54, 1.807) is 0 Å². The molecule has 0 aromatic heterocycles. The molecule has 0 saturated heterocycles. The van der Waals surface area contributed by atoms with Crippen LogP contribution in [-0.2, 0) is 0 Å². The number of halogens is 2. The Morgan fingerprint density at radius 1 is 1.33 bits per heavy atom. The van der Waals surface area contributed by atoms with Crippen molar-refractivity contribution in [3.63, 3.8) is 0 Å². The number of benzene rings is 1. The summed E-state index contributed by atoms with van der Waals surface area (Å²) >= 11 is 9.49. The smallest absolute Gasteiger partial charge is 0.0548 e. The molecular formula is C15H21BrClN. The molecule has 1 atom stereocenters. The van der Waals surface area contributed by atoms with Crippen LogP contribution >= 0.6 is 27.5 Å². The van der Waals surface area contributed by atoms with Crippen LogP contribution in [0.3, 0.4) is 0 Å². The highest BCUT2D eigenvalue weighted by molar-refractivity contribution is 9.10. The van der Waals surface area contributed by atoms with Gasteiger partial charge >= 0.3 is 0 Å². The molecule has 0 spiro atoms. The van der Waals surface area contributed by atoms with E-state index in [-0.39, 0.29) is 6.04 Å². The predicted octanol–water partition coefficient (Wildman–Crippen LogP) is 5.32. The Labute approximate surface area is 123 Å². The molecule has 1 aromatic rings. The summed E-state index contributed by atoms with van der Waals surface area (Å²) in [5.41, 5.74) is 7.61. The van der Waals surface area contributed by atoms with Gasteiger partial charge in [0.2, 0.25) is 0 Å². The quantitative estimate of drug-likeness (QED) is 0.797. The Morgan fingerprint density at radius 2 is 2.00 bits per heavy atom. The highest BCUT2D eigenvalue weighted by atomic mass is 79.9. The molecule has 1 aromatic carbocycles. The van der Waals surface area contributed by atoms with E-state index in [4.69, 9.17) is 17.3 Å². The molecule has 0 heterocycles. The summed E-state index contributed by atoms with van der Waals surface area (Å²) in [6.45, 7) is 2.29. The third-order valence-electron chi connectivity index (χ3n) is 4.31. The van der Waals surface area contributed by atoms with Gasteiger partial charge in [-0.2, -0.15) is 0 Å². The number of rotatable bonds is 3. The zero-order chi connectivity index (χ0) is 13.1. The molecule has 1 unspecified atom stereocenters. The Morgan fingerprint density at radius 3 is 2.56 bits per heavy atom. The minimum Gasteiger partial charge on any atom is -0.324 e. The minimum absolute atomic E-state index is 0.149. The molecule has 0 bridgehead atoms. The summed E-state index contributed by atoms with van der Waals surface area (Å²) in [4.78, 5) is 0. The van der Waals surface area contributed by atoms with Gasteiger partial charge < -0.3 is 5.73 Å². The first-order valence-corrected chi connectivity index (χ1v) is 7.99. The normalized spacial score (nSPS) is 26.0. The Kier molecular flexibility index (Phi) is 5.11. The van der Waals surface area contributed by atoms with E-state index in [2.05, 4.69) is 35.0 Å². The van der Waals surface area contributed by atoms with Crippen molar-refractivity contribution in [2.24, 2.45) is 17.6 Å². The molecule has 1 aliphatic rings. The van der Waals surface area contributed by atoms with Gasteiger partial charge in [0.15, 0.2) is 0 Å². The zero-order valence-corrected chi connectivity index (χ0v) is 13.2. The van der Waals surface area contributed by atoms with Gasteiger partial charge in [0.25, 0.3) is 0 Å². The first kappa shape index (κ1) is 14.4. The van der Waals surface area contributed by atoms with Crippen LogP contribution in [0.1, 0.15) is 50.6 Å². The van der Waals surface area contributed by atoms with Gasteiger partial charge in [0, 0.05) is 10.5 Å². The van der Waals surface area contributed by atoms with Crippen molar-refractivity contribution in [1.29, 1.82) is 0 Å². The first-order valence-electron chi connectivity index (χ1n) is 6.82. The topological polar surface area (TPSA) is 26.0 Å². The zero-order valence-electron chi connectivity index (χ0n) is 10.8. The molecule has 1 aliphatic carbocycles. The van der Waals surface area contributed by atoms with Gasteiger partial charge in [-0.15, -0.1) is 0 Å². The molecule has 2 rings (SSSR count). The second-order valence-electron chi connectivity index (χ2n) is 5.39. The lowest BCUT2D eigenvalue weighted by Crippen LogP contribution is -2.26. The second kappa shape index (κ2) is 6.40. The van der Waals surface area contributed by atoms with Crippen LogP contribution in [0, 0.1) is 11.8 Å². The van der Waals surface area contributed by atoms with Gasteiger partial charge in [0.1, 0.15) is 0 Å². The third kappa shape index (κ3) is 3.28. The van der Waals surface area contributed by atoms with E-state index < -0.39 is 0 Å². The molecule has 0 amide bonds. The molecule has 1 nitrogen and oxygen atoms in total. The molecule has 3 heteroatoms. The van der Waals surface area contributed by atoms with E-state index in [1.807, 2.05) is 6.07 Å². The Hall–Kier alpha value is -0.0500. The lowest BCUT2D eigenvalue weighted by Gasteiger charge is -2.32. The average Bonchev–Trinajstić information content (AvgIpc) is 2.41. The van der Waals surface area contributed by atoms with E-state index in [0.717, 1.165) is 15.4 Å². The molecule has 2 N–H and O–H groups in total. The van der Waals surface area contributed by atoms with E-state index in [1.165, 1.54) is 37.7 Å². The maximum absolute atomic E-state index is 6.41. The first-order chi connectivity index (χ1) is 8.61. The van der Waals surface area contributed by atoms with Crippen molar-refractivity contribution in [3.8, 4) is 0 Å². The largest absolute Gasteiger partial charge is 0.324 e. The summed E-state index contributed by atoms with van der Waals surface area (Å²) in [6.07, 6.45) is 6.52. The summed E-state index contributed by atoms with van der Waals surface area (Å²) < 4.78 is 0.944. The molecule has 1 fully saturated rings. The fraction of sp³-hybridized carbons (Fsp3) is 0.600. The van der Waals surface area contributed by atoms with Crippen LogP contribution < -0.4 is 5.73 Å². The highest BCUT2D eigenvalue weighted by Crippen LogP contribution is 2.37. The highest BCUT2D eigenvalue weighted by Gasteiger charge is 2.25. The number of hydrogen-bond donors (Lipinski definition) is 1. The van der Waals surface area contributed by atoms with Gasteiger partial charge in [-0.3, -0.25) is 0 Å². The maximum atomic E-state index is 6.41. The van der Waals surface area contributed by atoms with Crippen LogP contribution in [-0.4, -0.2) is 0 Å². The molecule has 0 aliphatic heterocycles. The van der Waals surface area contributed by atoms with Crippen molar-refractivity contribution in [1.82, 2.24) is 0 Å². The molecule has 0 radical (unpaired) electrons. The SMILES string of the molecule is CCC1CCC(C(N)c2ccc(Cl)c(Br)c2)CC1. The van der Waals surface area contributed by atoms with E-state index in [0.29, 0.717) is 5.92 Å². The van der Waals surface area contributed by atoms with E-state index in [9.17, 15) is 0 Å². The van der Waals surface area contributed by atoms with Crippen molar-refractivity contribution >= 4 is 27.5 Å². The molecule has 100 valence electrons. The summed E-state index contributed by atoms with van der Waals surface area (Å²) in [7, 11) is 0. The van der Waals surface area contributed by atoms with Crippen molar-refractivity contribution in [3.05, 3.63) is 33.3 Å². The Balaban J connectivity index is 2.03.